The van der Waals surface area contributed by atoms with Crippen molar-refractivity contribution in [2.45, 2.75) is 18.4 Å². The maximum absolute atomic E-state index is 13.6. The fraction of sp³-hybridized carbons (Fsp3) is 0.231. The van der Waals surface area contributed by atoms with Gasteiger partial charge in [-0.3, -0.25) is 9.36 Å². The second-order valence-corrected chi connectivity index (χ2v) is 10.2. The molecule has 3 atom stereocenters. The average Bonchev–Trinajstić information content (AvgIpc) is 3.29. The summed E-state index contributed by atoms with van der Waals surface area (Å²) in [6.07, 6.45) is 4.31. The molecule has 5 heterocycles. The van der Waals surface area contributed by atoms with Crippen molar-refractivity contribution in [3.05, 3.63) is 81.9 Å². The second kappa shape index (κ2) is 7.99. The molecule has 2 aromatic carbocycles. The average molecular weight is 526 g/mol. The molecule has 3 aliphatic rings. The number of fused-ring (bicyclic) bond motifs is 4. The molecule has 8 rings (SSSR count). The monoisotopic (exact) mass is 525 g/mol. The molecular weight excluding hydrogens is 506 g/mol. The van der Waals surface area contributed by atoms with Gasteiger partial charge in [0.05, 0.1) is 35.0 Å². The van der Waals surface area contributed by atoms with Crippen LogP contribution in [0.4, 0.5) is 5.69 Å². The van der Waals surface area contributed by atoms with Crippen LogP contribution in [0, 0.1) is 5.92 Å². The molecule has 3 aromatic heterocycles. The van der Waals surface area contributed by atoms with Crippen molar-refractivity contribution < 1.29 is 4.74 Å². The number of hydrogen-bond acceptors (Lipinski definition) is 8. The first-order chi connectivity index (χ1) is 18.6. The minimum atomic E-state index is -0.140. The number of nitrogens with zero attached hydrogens (tertiary/aromatic N) is 7. The topological polar surface area (TPSA) is 128 Å². The third kappa shape index (κ3) is 3.28. The lowest BCUT2D eigenvalue weighted by atomic mass is 10.1. The normalized spacial score (nSPS) is 20.7. The van der Waals surface area contributed by atoms with E-state index >= 15 is 0 Å². The van der Waals surface area contributed by atoms with Crippen LogP contribution < -0.4 is 15.6 Å². The first-order valence-electron chi connectivity index (χ1n) is 12.4. The van der Waals surface area contributed by atoms with Crippen LogP contribution >= 0.6 is 11.6 Å². The van der Waals surface area contributed by atoms with Crippen LogP contribution in [0.15, 0.2) is 59.8 Å². The van der Waals surface area contributed by atoms with Crippen LogP contribution in [0.25, 0.3) is 28.3 Å². The van der Waals surface area contributed by atoms with Gasteiger partial charge < -0.3 is 15.0 Å². The SMILES string of the molecule is O=c1cc(-c2cc(Cl)ccc2-n2cnnn2)nc2n1C(c1cnc(-c3ccc4c(c3)OCCN4)[nH]1)C1CC21. The molecule has 0 spiro atoms. The Bertz CT molecular complexity index is 1780. The molecular formula is C26H20ClN9O2. The first-order valence-corrected chi connectivity index (χ1v) is 12.7. The minimum absolute atomic E-state index is 0.116. The minimum Gasteiger partial charge on any atom is -0.490 e. The van der Waals surface area contributed by atoms with E-state index in [0.717, 1.165) is 47.3 Å². The highest BCUT2D eigenvalue weighted by atomic mass is 35.5. The molecule has 1 fully saturated rings. The number of halogens is 1. The number of rotatable bonds is 4. The second-order valence-electron chi connectivity index (χ2n) is 9.75. The number of imidazole rings is 1. The van der Waals surface area contributed by atoms with Crippen LogP contribution in [-0.4, -0.2) is 52.9 Å². The number of benzene rings is 2. The van der Waals surface area contributed by atoms with Crippen molar-refractivity contribution in [1.82, 2.24) is 39.7 Å². The Kier molecular flexibility index (Phi) is 4.54. The van der Waals surface area contributed by atoms with E-state index in [4.69, 9.17) is 21.3 Å². The van der Waals surface area contributed by atoms with Crippen LogP contribution in [0.2, 0.25) is 5.02 Å². The van der Waals surface area contributed by atoms with Crippen LogP contribution in [-0.2, 0) is 0 Å². The standard InChI is InChI=1S/C26H20ClN9O2/c27-14-2-4-21(35-12-30-33-34-35)17(8-14)19-10-23(37)36-24(15-9-16(15)26(36)32-19)20-11-29-25(31-20)13-1-3-18-22(7-13)38-6-5-28-18/h1-4,7-8,10-12,15-16,24,28H,5-6,9H2,(H,29,31). The zero-order valence-electron chi connectivity index (χ0n) is 19.9. The van der Waals surface area contributed by atoms with Crippen molar-refractivity contribution >= 4 is 17.3 Å². The van der Waals surface area contributed by atoms with E-state index in [1.54, 1.807) is 22.8 Å². The molecule has 38 heavy (non-hydrogen) atoms. The molecule has 5 aromatic rings. The van der Waals surface area contributed by atoms with Gasteiger partial charge in [0.1, 0.15) is 30.3 Å². The molecule has 0 saturated heterocycles. The molecule has 188 valence electrons. The third-order valence-corrected chi connectivity index (χ3v) is 7.74. The first kappa shape index (κ1) is 21.6. The number of tetrazole rings is 1. The number of aromatic amines is 1. The predicted octanol–water partition coefficient (Wildman–Crippen LogP) is 3.44. The van der Waals surface area contributed by atoms with E-state index in [-0.39, 0.29) is 17.5 Å². The van der Waals surface area contributed by atoms with Crippen molar-refractivity contribution in [1.29, 1.82) is 0 Å². The van der Waals surface area contributed by atoms with Gasteiger partial charge in [0.2, 0.25) is 0 Å². The molecule has 0 bridgehead atoms. The van der Waals surface area contributed by atoms with E-state index in [2.05, 4.69) is 30.8 Å². The molecule has 3 unspecified atom stereocenters. The molecule has 1 aliphatic carbocycles. The molecule has 11 nitrogen and oxygen atoms in total. The summed E-state index contributed by atoms with van der Waals surface area (Å²) in [6.45, 7) is 1.42. The Morgan fingerprint density at radius 2 is 2.08 bits per heavy atom. The lowest BCUT2D eigenvalue weighted by Crippen LogP contribution is -2.27. The Morgan fingerprint density at radius 3 is 2.97 bits per heavy atom. The predicted molar refractivity (Wildman–Crippen MR) is 139 cm³/mol. The van der Waals surface area contributed by atoms with Gasteiger partial charge in [0.25, 0.3) is 5.56 Å². The van der Waals surface area contributed by atoms with E-state index in [0.29, 0.717) is 34.5 Å². The van der Waals surface area contributed by atoms with Crippen molar-refractivity contribution in [2.24, 2.45) is 5.92 Å². The van der Waals surface area contributed by atoms with E-state index in [9.17, 15) is 4.79 Å². The number of nitrogens with one attached hydrogen (secondary N) is 2. The summed E-state index contributed by atoms with van der Waals surface area (Å²) in [7, 11) is 0. The summed E-state index contributed by atoms with van der Waals surface area (Å²) in [5.74, 6) is 2.86. The van der Waals surface area contributed by atoms with E-state index in [1.807, 2.05) is 30.5 Å². The molecule has 2 N–H and O–H groups in total. The van der Waals surface area contributed by atoms with Gasteiger partial charge in [-0.05, 0) is 59.2 Å². The van der Waals surface area contributed by atoms with Gasteiger partial charge in [-0.2, -0.15) is 4.68 Å². The summed E-state index contributed by atoms with van der Waals surface area (Å²) >= 11 is 6.32. The number of aromatic nitrogens is 8. The highest BCUT2D eigenvalue weighted by Crippen LogP contribution is 2.60. The van der Waals surface area contributed by atoms with Gasteiger partial charge >= 0.3 is 0 Å². The van der Waals surface area contributed by atoms with Crippen molar-refractivity contribution in [3.63, 3.8) is 0 Å². The van der Waals surface area contributed by atoms with Gasteiger partial charge in [0.15, 0.2) is 0 Å². The molecule has 1 saturated carbocycles. The Morgan fingerprint density at radius 1 is 1.13 bits per heavy atom. The third-order valence-electron chi connectivity index (χ3n) is 7.51. The van der Waals surface area contributed by atoms with Gasteiger partial charge in [0, 0.05) is 34.7 Å². The fourth-order valence-electron chi connectivity index (χ4n) is 5.71. The smallest absolute Gasteiger partial charge is 0.254 e. The summed E-state index contributed by atoms with van der Waals surface area (Å²) in [4.78, 5) is 26.6. The van der Waals surface area contributed by atoms with Crippen molar-refractivity contribution in [3.8, 4) is 34.1 Å². The number of hydrogen-bond donors (Lipinski definition) is 2. The van der Waals surface area contributed by atoms with E-state index < -0.39 is 0 Å². The highest BCUT2D eigenvalue weighted by Gasteiger charge is 2.55. The summed E-state index contributed by atoms with van der Waals surface area (Å²) in [6, 6.07) is 12.8. The zero-order chi connectivity index (χ0) is 25.4. The summed E-state index contributed by atoms with van der Waals surface area (Å²) in [5, 5.41) is 15.3. The highest BCUT2D eigenvalue weighted by molar-refractivity contribution is 6.31. The van der Waals surface area contributed by atoms with Gasteiger partial charge in [-0.25, -0.2) is 9.97 Å². The zero-order valence-corrected chi connectivity index (χ0v) is 20.6. The van der Waals surface area contributed by atoms with Crippen LogP contribution in [0.3, 0.4) is 0 Å². The number of H-pyrrole nitrogens is 1. The Balaban J connectivity index is 1.18. The van der Waals surface area contributed by atoms with Gasteiger partial charge in [-0.15, -0.1) is 5.10 Å². The molecule has 0 amide bonds. The summed E-state index contributed by atoms with van der Waals surface area (Å²) in [5.41, 5.74) is 4.63. The molecule has 12 heteroatoms. The molecule has 2 aliphatic heterocycles. The fourth-order valence-corrected chi connectivity index (χ4v) is 5.88. The Labute approximate surface area is 220 Å². The quantitative estimate of drug-likeness (QED) is 0.365. The largest absolute Gasteiger partial charge is 0.490 e. The maximum Gasteiger partial charge on any atom is 0.254 e. The number of anilines is 1. The maximum atomic E-state index is 13.6. The van der Waals surface area contributed by atoms with Crippen molar-refractivity contribution in [2.75, 3.05) is 18.5 Å². The van der Waals surface area contributed by atoms with E-state index in [1.165, 1.54) is 11.0 Å². The molecule has 0 radical (unpaired) electrons. The summed E-state index contributed by atoms with van der Waals surface area (Å²) < 4.78 is 9.13. The van der Waals surface area contributed by atoms with Crippen LogP contribution in [0.1, 0.15) is 29.9 Å². The van der Waals surface area contributed by atoms with Gasteiger partial charge in [-0.1, -0.05) is 11.6 Å². The number of ether oxygens (including phenoxy) is 1. The Hall–Kier alpha value is -4.51. The lowest BCUT2D eigenvalue weighted by Gasteiger charge is -2.19. The van der Waals surface area contributed by atoms with Crippen LogP contribution in [0.5, 0.6) is 5.75 Å². The lowest BCUT2D eigenvalue weighted by molar-refractivity contribution is 0.323.